The third-order valence-corrected chi connectivity index (χ3v) is 2.83. The van der Waals surface area contributed by atoms with E-state index in [-0.39, 0.29) is 19.0 Å². The van der Waals surface area contributed by atoms with Crippen LogP contribution in [0, 0.1) is 0 Å². The molecule has 6 nitrogen and oxygen atoms in total. The lowest BCUT2D eigenvalue weighted by atomic mass is 10.2. The molecule has 0 fully saturated rings. The summed E-state index contributed by atoms with van der Waals surface area (Å²) >= 11 is 0. The van der Waals surface area contributed by atoms with E-state index in [1.165, 1.54) is 0 Å². The maximum atomic E-state index is 11.0. The Morgan fingerprint density at radius 3 is 2.50 bits per heavy atom. The van der Waals surface area contributed by atoms with Crippen molar-refractivity contribution in [3.63, 3.8) is 0 Å². The molecule has 16 heavy (non-hydrogen) atoms. The minimum absolute atomic E-state index is 0.0733. The molecule has 0 aliphatic carbocycles. The second-order valence-electron chi connectivity index (χ2n) is 3.18. The number of hydrogen-bond acceptors (Lipinski definition) is 6. The summed E-state index contributed by atoms with van der Waals surface area (Å²) < 4.78 is 24.8. The molecule has 0 aliphatic rings. The van der Waals surface area contributed by atoms with E-state index in [1.54, 1.807) is 6.92 Å². The van der Waals surface area contributed by atoms with E-state index in [1.807, 2.05) is 6.92 Å². The van der Waals surface area contributed by atoms with Crippen LogP contribution in [0.1, 0.15) is 33.1 Å². The van der Waals surface area contributed by atoms with Crippen molar-refractivity contribution in [2.45, 2.75) is 39.2 Å². The topological polar surface area (TPSA) is 84.9 Å². The summed E-state index contributed by atoms with van der Waals surface area (Å²) in [6, 6.07) is 0. The molecule has 0 aromatic carbocycles. The van der Waals surface area contributed by atoms with Gasteiger partial charge in [0.2, 0.25) is 0 Å². The Kier molecular flexibility index (Phi) is 7.58. The average Bonchev–Trinajstić information content (AvgIpc) is 2.25. The van der Waals surface area contributed by atoms with Gasteiger partial charge in [-0.15, -0.1) is 0 Å². The lowest BCUT2D eigenvalue weighted by Crippen LogP contribution is -2.23. The van der Waals surface area contributed by atoms with Crippen molar-refractivity contribution >= 4 is 13.8 Å². The zero-order valence-electron chi connectivity index (χ0n) is 9.80. The summed E-state index contributed by atoms with van der Waals surface area (Å²) in [7, 11) is -3.25. The van der Waals surface area contributed by atoms with Gasteiger partial charge in [-0.2, -0.15) is 0 Å². The zero-order valence-corrected chi connectivity index (χ0v) is 10.7. The summed E-state index contributed by atoms with van der Waals surface area (Å²) in [6.07, 6.45) is 0.770. The van der Waals surface area contributed by atoms with Gasteiger partial charge in [-0.05, 0) is 6.42 Å². The molecule has 7 heteroatoms. The Labute approximate surface area is 95.5 Å². The van der Waals surface area contributed by atoms with Crippen molar-refractivity contribution in [3.8, 4) is 0 Å². The predicted molar refractivity (Wildman–Crippen MR) is 55.6 cm³/mol. The number of phosphoric acid groups is 1. The minimum Gasteiger partial charge on any atom is -0.756 e. The van der Waals surface area contributed by atoms with Crippen molar-refractivity contribution in [3.05, 3.63) is 0 Å². The van der Waals surface area contributed by atoms with Gasteiger partial charge in [-0.25, -0.2) is 0 Å². The number of esters is 1. The van der Waals surface area contributed by atoms with Crippen LogP contribution in [0.25, 0.3) is 0 Å². The van der Waals surface area contributed by atoms with E-state index in [4.69, 9.17) is 9.26 Å². The minimum atomic E-state index is -4.27. The number of carbonyl (C=O) groups is 1. The van der Waals surface area contributed by atoms with E-state index >= 15 is 0 Å². The summed E-state index contributed by atoms with van der Waals surface area (Å²) in [5.41, 5.74) is 0. The SMILES string of the molecule is CCCC(COC(=O)CC)OP(=O)([O-])OC. The Morgan fingerprint density at radius 1 is 1.44 bits per heavy atom. The smallest absolute Gasteiger partial charge is 0.305 e. The van der Waals surface area contributed by atoms with Gasteiger partial charge >= 0.3 is 5.97 Å². The fourth-order valence-electron chi connectivity index (χ4n) is 1.00. The van der Waals surface area contributed by atoms with Crippen molar-refractivity contribution in [1.29, 1.82) is 0 Å². The number of phosphoric ester groups is 1. The van der Waals surface area contributed by atoms with Crippen molar-refractivity contribution in [1.82, 2.24) is 0 Å². The fraction of sp³-hybridized carbons (Fsp3) is 0.889. The molecule has 0 saturated heterocycles. The number of hydrogen-bond donors (Lipinski definition) is 0. The highest BCUT2D eigenvalue weighted by atomic mass is 31.2. The average molecular weight is 253 g/mol. The molecule has 0 N–H and O–H groups in total. The Hall–Kier alpha value is -0.420. The molecule has 0 spiro atoms. The van der Waals surface area contributed by atoms with E-state index in [2.05, 4.69) is 4.52 Å². The van der Waals surface area contributed by atoms with Gasteiger partial charge in [0.05, 0.1) is 0 Å². The van der Waals surface area contributed by atoms with E-state index in [0.717, 1.165) is 13.5 Å². The third-order valence-electron chi connectivity index (χ3n) is 1.83. The number of ether oxygens (including phenoxy) is 1. The molecule has 0 radical (unpaired) electrons. The highest BCUT2D eigenvalue weighted by molar-refractivity contribution is 7.45. The molecular formula is C9H18O6P-. The van der Waals surface area contributed by atoms with Crippen LogP contribution in [0.15, 0.2) is 0 Å². The van der Waals surface area contributed by atoms with Crippen molar-refractivity contribution in [2.24, 2.45) is 0 Å². The van der Waals surface area contributed by atoms with Crippen LogP contribution in [0.3, 0.4) is 0 Å². The highest BCUT2D eigenvalue weighted by Crippen LogP contribution is 2.39. The van der Waals surface area contributed by atoms with Crippen LogP contribution >= 0.6 is 7.82 Å². The molecule has 0 aromatic rings. The van der Waals surface area contributed by atoms with Gasteiger partial charge < -0.3 is 18.7 Å². The van der Waals surface area contributed by atoms with Crippen LogP contribution in [0.5, 0.6) is 0 Å². The van der Waals surface area contributed by atoms with Gasteiger partial charge in [0.1, 0.15) is 12.7 Å². The lowest BCUT2D eigenvalue weighted by Gasteiger charge is -2.26. The fourth-order valence-corrected chi connectivity index (χ4v) is 1.62. The summed E-state index contributed by atoms with van der Waals surface area (Å²) in [6.45, 7) is 3.46. The predicted octanol–water partition coefficient (Wildman–Crippen LogP) is 1.24. The van der Waals surface area contributed by atoms with Gasteiger partial charge in [0.15, 0.2) is 0 Å². The normalized spacial score (nSPS) is 16.5. The van der Waals surface area contributed by atoms with Gasteiger partial charge in [-0.3, -0.25) is 9.36 Å². The van der Waals surface area contributed by atoms with Crippen LogP contribution in [0.4, 0.5) is 0 Å². The molecule has 0 rings (SSSR count). The first-order valence-electron chi connectivity index (χ1n) is 5.16. The Bertz CT molecular complexity index is 254. The summed E-state index contributed by atoms with van der Waals surface area (Å²) in [5, 5.41) is 0. The van der Waals surface area contributed by atoms with Crippen LogP contribution in [0.2, 0.25) is 0 Å². The second kappa shape index (κ2) is 7.79. The monoisotopic (exact) mass is 253 g/mol. The summed E-state index contributed by atoms with van der Waals surface area (Å²) in [4.78, 5) is 21.9. The molecule has 2 unspecified atom stereocenters. The molecule has 0 aliphatic heterocycles. The van der Waals surface area contributed by atoms with Gasteiger partial charge in [0, 0.05) is 13.5 Å². The molecular weight excluding hydrogens is 235 g/mol. The molecule has 2 atom stereocenters. The standard InChI is InChI=1S/C9H19O6P/c1-4-6-8(7-14-9(10)5-2)15-16(11,12)13-3/h8H,4-7H2,1-3H3,(H,11,12)/p-1. The van der Waals surface area contributed by atoms with E-state index < -0.39 is 13.9 Å². The molecule has 0 heterocycles. The maximum Gasteiger partial charge on any atom is 0.305 e. The van der Waals surface area contributed by atoms with E-state index in [0.29, 0.717) is 6.42 Å². The maximum absolute atomic E-state index is 11.0. The van der Waals surface area contributed by atoms with Crippen molar-refractivity contribution < 1.29 is 28.0 Å². The lowest BCUT2D eigenvalue weighted by molar-refractivity contribution is -0.229. The largest absolute Gasteiger partial charge is 0.756 e. The van der Waals surface area contributed by atoms with Crippen LogP contribution in [-0.4, -0.2) is 25.8 Å². The molecule has 0 saturated carbocycles. The molecule has 0 bridgehead atoms. The molecule has 96 valence electrons. The highest BCUT2D eigenvalue weighted by Gasteiger charge is 2.17. The number of carbonyl (C=O) groups excluding carboxylic acids is 1. The first-order chi connectivity index (χ1) is 7.45. The Balaban J connectivity index is 4.17. The van der Waals surface area contributed by atoms with Crippen LogP contribution in [-0.2, 0) is 23.1 Å². The second-order valence-corrected chi connectivity index (χ2v) is 4.65. The quantitative estimate of drug-likeness (QED) is 0.478. The summed E-state index contributed by atoms with van der Waals surface area (Å²) in [5.74, 6) is -0.386. The first kappa shape index (κ1) is 15.6. The Morgan fingerprint density at radius 2 is 2.06 bits per heavy atom. The van der Waals surface area contributed by atoms with Crippen molar-refractivity contribution in [2.75, 3.05) is 13.7 Å². The third kappa shape index (κ3) is 6.95. The molecule has 0 aromatic heterocycles. The van der Waals surface area contributed by atoms with Gasteiger partial charge in [0.25, 0.3) is 7.82 Å². The molecule has 0 amide bonds. The number of rotatable bonds is 8. The van der Waals surface area contributed by atoms with Gasteiger partial charge in [-0.1, -0.05) is 20.3 Å². The van der Waals surface area contributed by atoms with Crippen LogP contribution < -0.4 is 4.89 Å². The first-order valence-corrected chi connectivity index (χ1v) is 6.62. The van der Waals surface area contributed by atoms with E-state index in [9.17, 15) is 14.3 Å². The zero-order chi connectivity index (χ0) is 12.6.